The molecule has 1 amide bonds. The van der Waals surface area contributed by atoms with Gasteiger partial charge in [-0.05, 0) is 42.0 Å². The molecule has 8 nitrogen and oxygen atoms in total. The number of benzene rings is 2. The van der Waals surface area contributed by atoms with Crippen LogP contribution in [-0.4, -0.2) is 68.2 Å². The van der Waals surface area contributed by atoms with Gasteiger partial charge in [-0.1, -0.05) is 54.2 Å². The molecule has 11 heteroatoms. The summed E-state index contributed by atoms with van der Waals surface area (Å²) in [5.41, 5.74) is 2.38. The molecule has 1 aliphatic rings. The SMILES string of the molecule is O=C(c1csc(CSc2nnc(-c3ccco3)n2-c2ccc(F)cc2)n1)N1CCN(C/C=C/c2ccccc2)CC1. The van der Waals surface area contributed by atoms with Crippen LogP contribution in [0, 0.1) is 5.82 Å². The van der Waals surface area contributed by atoms with E-state index in [-0.39, 0.29) is 11.7 Å². The van der Waals surface area contributed by atoms with Crippen molar-refractivity contribution in [3.8, 4) is 17.3 Å². The van der Waals surface area contributed by atoms with Crippen LogP contribution in [0.5, 0.6) is 0 Å². The third kappa shape index (κ3) is 6.48. The van der Waals surface area contributed by atoms with Crippen LogP contribution in [0.4, 0.5) is 4.39 Å². The smallest absolute Gasteiger partial charge is 0.273 e. The number of thiazole rings is 1. The predicted molar refractivity (Wildman–Crippen MR) is 159 cm³/mol. The first kappa shape index (κ1) is 27.1. The van der Waals surface area contributed by atoms with Gasteiger partial charge in [0.2, 0.25) is 5.82 Å². The lowest BCUT2D eigenvalue weighted by Gasteiger charge is -2.33. The van der Waals surface area contributed by atoms with Gasteiger partial charge in [0.1, 0.15) is 16.5 Å². The van der Waals surface area contributed by atoms with Gasteiger partial charge in [0, 0.05) is 38.1 Å². The molecule has 5 aromatic rings. The maximum atomic E-state index is 13.6. The van der Waals surface area contributed by atoms with Gasteiger partial charge in [0.25, 0.3) is 5.91 Å². The minimum atomic E-state index is -0.322. The summed E-state index contributed by atoms with van der Waals surface area (Å²) < 4.78 is 21.0. The van der Waals surface area contributed by atoms with E-state index in [0.29, 0.717) is 41.3 Å². The third-order valence-electron chi connectivity index (χ3n) is 6.69. The molecular weight excluding hydrogens is 560 g/mol. The number of hydrogen-bond acceptors (Lipinski definition) is 8. The van der Waals surface area contributed by atoms with Crippen molar-refractivity contribution in [2.75, 3.05) is 32.7 Å². The summed E-state index contributed by atoms with van der Waals surface area (Å²) in [4.78, 5) is 22.0. The van der Waals surface area contributed by atoms with Crippen LogP contribution in [0.25, 0.3) is 23.3 Å². The summed E-state index contributed by atoms with van der Waals surface area (Å²) in [6.07, 6.45) is 5.88. The Morgan fingerprint density at radius 2 is 1.80 bits per heavy atom. The molecule has 0 unspecified atom stereocenters. The number of aromatic nitrogens is 4. The fourth-order valence-electron chi connectivity index (χ4n) is 4.55. The molecule has 1 aliphatic heterocycles. The Morgan fingerprint density at radius 3 is 2.56 bits per heavy atom. The first-order chi connectivity index (χ1) is 20.1. The van der Waals surface area contributed by atoms with E-state index in [4.69, 9.17) is 4.42 Å². The van der Waals surface area contributed by atoms with Gasteiger partial charge in [-0.2, -0.15) is 0 Å². The average molecular weight is 587 g/mol. The monoisotopic (exact) mass is 586 g/mol. The lowest BCUT2D eigenvalue weighted by Crippen LogP contribution is -2.48. The summed E-state index contributed by atoms with van der Waals surface area (Å²) in [5.74, 6) is 1.23. The van der Waals surface area contributed by atoms with Crippen LogP contribution in [0.2, 0.25) is 0 Å². The van der Waals surface area contributed by atoms with E-state index in [2.05, 4.69) is 44.4 Å². The van der Waals surface area contributed by atoms with Crippen LogP contribution < -0.4 is 0 Å². The van der Waals surface area contributed by atoms with Crippen molar-refractivity contribution in [2.24, 2.45) is 0 Å². The van der Waals surface area contributed by atoms with Crippen molar-refractivity contribution in [3.05, 3.63) is 107 Å². The quantitative estimate of drug-likeness (QED) is 0.199. The normalized spacial score (nSPS) is 14.2. The van der Waals surface area contributed by atoms with Crippen molar-refractivity contribution in [1.29, 1.82) is 0 Å². The number of hydrogen-bond donors (Lipinski definition) is 0. The topological polar surface area (TPSA) is 80.3 Å². The van der Waals surface area contributed by atoms with Gasteiger partial charge in [-0.25, -0.2) is 9.37 Å². The van der Waals surface area contributed by atoms with Crippen molar-refractivity contribution < 1.29 is 13.6 Å². The third-order valence-corrected chi connectivity index (χ3v) is 8.66. The number of rotatable bonds is 9. The number of amides is 1. The van der Waals surface area contributed by atoms with Gasteiger partial charge < -0.3 is 9.32 Å². The van der Waals surface area contributed by atoms with Gasteiger partial charge >= 0.3 is 0 Å². The number of furan rings is 1. The molecule has 1 fully saturated rings. The molecule has 6 rings (SSSR count). The zero-order valence-electron chi connectivity index (χ0n) is 22.1. The van der Waals surface area contributed by atoms with Crippen LogP contribution in [0.15, 0.2) is 94.0 Å². The highest BCUT2D eigenvalue weighted by Gasteiger charge is 2.24. The molecule has 0 N–H and O–H groups in total. The first-order valence-corrected chi connectivity index (χ1v) is 15.1. The van der Waals surface area contributed by atoms with E-state index in [9.17, 15) is 9.18 Å². The molecule has 2 aromatic carbocycles. The molecular formula is C30H27FN6O2S2. The number of carbonyl (C=O) groups excluding carboxylic acids is 1. The van der Waals surface area contributed by atoms with Gasteiger partial charge in [-0.15, -0.1) is 21.5 Å². The molecule has 0 spiro atoms. The lowest BCUT2D eigenvalue weighted by atomic mass is 10.2. The minimum absolute atomic E-state index is 0.0356. The number of halogens is 1. The highest BCUT2D eigenvalue weighted by molar-refractivity contribution is 7.98. The fourth-order valence-corrected chi connectivity index (χ4v) is 6.29. The van der Waals surface area contributed by atoms with Crippen molar-refractivity contribution in [1.82, 2.24) is 29.5 Å². The van der Waals surface area contributed by atoms with Crippen LogP contribution in [-0.2, 0) is 5.75 Å². The van der Waals surface area contributed by atoms with Crippen LogP contribution in [0.1, 0.15) is 21.1 Å². The minimum Gasteiger partial charge on any atom is -0.461 e. The van der Waals surface area contributed by atoms with Gasteiger partial charge in [0.15, 0.2) is 10.9 Å². The largest absolute Gasteiger partial charge is 0.461 e. The summed E-state index contributed by atoms with van der Waals surface area (Å²) in [6.45, 7) is 3.87. The highest BCUT2D eigenvalue weighted by atomic mass is 32.2. The summed E-state index contributed by atoms with van der Waals surface area (Å²) in [5, 5.41) is 11.9. The van der Waals surface area contributed by atoms with Crippen molar-refractivity contribution >= 4 is 35.1 Å². The molecule has 0 saturated carbocycles. The van der Waals surface area contributed by atoms with Crippen molar-refractivity contribution in [3.63, 3.8) is 0 Å². The molecule has 3 aromatic heterocycles. The zero-order chi connectivity index (χ0) is 28.0. The van der Waals surface area contributed by atoms with Gasteiger partial charge in [0.05, 0.1) is 17.7 Å². The standard InChI is InChI=1S/C30H27FN6O2S2/c31-23-10-12-24(13-11-23)37-28(26-9-5-19-39-26)33-34-30(37)41-21-27-32-25(20-40-27)29(38)36-17-15-35(16-18-36)14-4-8-22-6-2-1-3-7-22/h1-13,19-20H,14-18,21H2/b8-4+. The van der Waals surface area contributed by atoms with Crippen LogP contribution in [0.3, 0.4) is 0 Å². The van der Waals surface area contributed by atoms with E-state index in [1.807, 2.05) is 33.0 Å². The number of nitrogens with zero attached hydrogens (tertiary/aromatic N) is 6. The Bertz CT molecular complexity index is 1610. The maximum absolute atomic E-state index is 13.6. The Morgan fingerprint density at radius 1 is 1.00 bits per heavy atom. The summed E-state index contributed by atoms with van der Waals surface area (Å²) in [7, 11) is 0. The van der Waals surface area contributed by atoms with E-state index in [0.717, 1.165) is 30.3 Å². The maximum Gasteiger partial charge on any atom is 0.273 e. The predicted octanol–water partition coefficient (Wildman–Crippen LogP) is 5.89. The molecule has 0 bridgehead atoms. The molecule has 0 radical (unpaired) electrons. The molecule has 208 valence electrons. The first-order valence-electron chi connectivity index (χ1n) is 13.2. The molecule has 1 saturated heterocycles. The van der Waals surface area contributed by atoms with E-state index < -0.39 is 0 Å². The number of thioether (sulfide) groups is 1. The zero-order valence-corrected chi connectivity index (χ0v) is 23.7. The Hall–Kier alpha value is -4.06. The Labute approximate surface area is 245 Å². The fraction of sp³-hybridized carbons (Fsp3) is 0.200. The molecule has 0 aliphatic carbocycles. The van der Waals surface area contributed by atoms with Gasteiger partial charge in [-0.3, -0.25) is 14.3 Å². The number of carbonyl (C=O) groups is 1. The van der Waals surface area contributed by atoms with E-state index >= 15 is 0 Å². The van der Waals surface area contributed by atoms with Crippen LogP contribution >= 0.6 is 23.1 Å². The lowest BCUT2D eigenvalue weighted by molar-refractivity contribution is 0.0645. The molecule has 41 heavy (non-hydrogen) atoms. The number of piperazine rings is 1. The second-order valence-electron chi connectivity index (χ2n) is 9.42. The second kappa shape index (κ2) is 12.6. The summed E-state index contributed by atoms with van der Waals surface area (Å²) >= 11 is 2.90. The highest BCUT2D eigenvalue weighted by Crippen LogP contribution is 2.31. The Balaban J connectivity index is 1.06. The summed E-state index contributed by atoms with van der Waals surface area (Å²) in [6, 6.07) is 20.0. The molecule has 4 heterocycles. The second-order valence-corrected chi connectivity index (χ2v) is 11.3. The van der Waals surface area contributed by atoms with E-state index in [1.54, 1.807) is 30.5 Å². The van der Waals surface area contributed by atoms with E-state index in [1.165, 1.54) is 40.8 Å². The Kier molecular flexibility index (Phi) is 8.36. The van der Waals surface area contributed by atoms with Crippen molar-refractivity contribution in [2.45, 2.75) is 10.9 Å². The molecule has 0 atom stereocenters. The average Bonchev–Trinajstić information content (AvgIpc) is 3.79.